The Hall–Kier alpha value is -3.45. The van der Waals surface area contributed by atoms with Gasteiger partial charge in [-0.15, -0.1) is 0 Å². The summed E-state index contributed by atoms with van der Waals surface area (Å²) in [5, 5.41) is 13.4. The molecule has 1 aliphatic heterocycles. The molecule has 0 bridgehead atoms. The summed E-state index contributed by atoms with van der Waals surface area (Å²) in [5.74, 6) is 0.608. The van der Waals surface area contributed by atoms with E-state index in [1.54, 1.807) is 12.4 Å². The van der Waals surface area contributed by atoms with Crippen LogP contribution in [0.5, 0.6) is 0 Å². The van der Waals surface area contributed by atoms with Crippen molar-refractivity contribution in [3.8, 4) is 16.9 Å². The monoisotopic (exact) mass is 447 g/mol. The van der Waals surface area contributed by atoms with Gasteiger partial charge in [0.2, 0.25) is 0 Å². The zero-order valence-electron chi connectivity index (χ0n) is 17.8. The van der Waals surface area contributed by atoms with Gasteiger partial charge >= 0.3 is 0 Å². The van der Waals surface area contributed by atoms with E-state index in [9.17, 15) is 4.79 Å². The van der Waals surface area contributed by atoms with Crippen molar-refractivity contribution < 1.29 is 9.32 Å². The topological polar surface area (TPSA) is 77.1 Å². The van der Waals surface area contributed by atoms with E-state index in [2.05, 4.69) is 15.4 Å². The Morgan fingerprint density at radius 2 is 1.94 bits per heavy atom. The summed E-state index contributed by atoms with van der Waals surface area (Å²) in [6, 6.07) is 13.2. The molecule has 0 spiro atoms. The van der Waals surface area contributed by atoms with Gasteiger partial charge in [-0.3, -0.25) is 4.79 Å². The van der Waals surface area contributed by atoms with Crippen molar-refractivity contribution in [2.75, 3.05) is 6.54 Å². The molecule has 1 saturated heterocycles. The van der Waals surface area contributed by atoms with Crippen molar-refractivity contribution in [3.63, 3.8) is 0 Å². The number of likely N-dealkylation sites (tertiary alicyclic amines) is 1. The lowest BCUT2D eigenvalue weighted by molar-refractivity contribution is 0.0714. The fourth-order valence-electron chi connectivity index (χ4n) is 4.25. The fraction of sp³-hybridized carbons (Fsp3) is 0.250. The molecule has 32 heavy (non-hydrogen) atoms. The lowest BCUT2D eigenvalue weighted by Gasteiger charge is -2.24. The van der Waals surface area contributed by atoms with E-state index >= 15 is 0 Å². The van der Waals surface area contributed by atoms with Gasteiger partial charge in [-0.1, -0.05) is 40.5 Å². The quantitative estimate of drug-likeness (QED) is 0.431. The number of hydrogen-bond donors (Lipinski definition) is 0. The minimum atomic E-state index is -0.179. The standard InChI is InChI=1S/C24H22ClN5O2/c1-15-8-9-21(30-26-10-11-27-30)18(13-15)24(31)29-12-4-7-22(29)23-14-20(28-32-23)17-5-3-6-19(25)16(17)2/h3,5-6,8-11,13-14,22H,4,7,12H2,1-2H3/t22-/m0/s1. The van der Waals surface area contributed by atoms with Gasteiger partial charge in [0.15, 0.2) is 5.76 Å². The number of benzene rings is 2. The first-order chi connectivity index (χ1) is 15.5. The minimum absolute atomic E-state index is 0.0691. The second-order valence-electron chi connectivity index (χ2n) is 8.02. The number of rotatable bonds is 4. The molecular weight excluding hydrogens is 426 g/mol. The largest absolute Gasteiger partial charge is 0.359 e. The summed E-state index contributed by atoms with van der Waals surface area (Å²) >= 11 is 6.28. The summed E-state index contributed by atoms with van der Waals surface area (Å²) in [6.45, 7) is 4.57. The van der Waals surface area contributed by atoms with Gasteiger partial charge in [-0.05, 0) is 50.5 Å². The van der Waals surface area contributed by atoms with Crippen molar-refractivity contribution in [1.29, 1.82) is 0 Å². The van der Waals surface area contributed by atoms with Crippen LogP contribution in [0, 0.1) is 13.8 Å². The normalized spacial score (nSPS) is 16.0. The van der Waals surface area contributed by atoms with E-state index in [1.807, 2.05) is 61.2 Å². The first kappa shape index (κ1) is 20.5. The number of carbonyl (C=O) groups excluding carboxylic acids is 1. The maximum Gasteiger partial charge on any atom is 0.256 e. The number of nitrogens with zero attached hydrogens (tertiary/aromatic N) is 5. The lowest BCUT2D eigenvalue weighted by Crippen LogP contribution is -2.31. The summed E-state index contributed by atoms with van der Waals surface area (Å²) in [6.07, 6.45) is 4.90. The van der Waals surface area contributed by atoms with Gasteiger partial charge in [0.1, 0.15) is 5.69 Å². The van der Waals surface area contributed by atoms with Gasteiger partial charge in [-0.25, -0.2) is 0 Å². The molecular formula is C24H22ClN5O2. The average Bonchev–Trinajstić information content (AvgIpc) is 3.56. The van der Waals surface area contributed by atoms with Crippen molar-refractivity contribution in [2.45, 2.75) is 32.7 Å². The van der Waals surface area contributed by atoms with Crippen LogP contribution < -0.4 is 0 Å². The molecule has 8 heteroatoms. The molecule has 162 valence electrons. The number of halogens is 1. The fourth-order valence-corrected chi connectivity index (χ4v) is 4.43. The Balaban J connectivity index is 1.48. The number of aryl methyl sites for hydroxylation is 1. The zero-order valence-corrected chi connectivity index (χ0v) is 18.6. The molecule has 0 radical (unpaired) electrons. The van der Waals surface area contributed by atoms with Gasteiger partial charge in [0.25, 0.3) is 5.91 Å². The van der Waals surface area contributed by atoms with E-state index in [4.69, 9.17) is 16.1 Å². The van der Waals surface area contributed by atoms with Crippen LogP contribution in [0.4, 0.5) is 0 Å². The summed E-state index contributed by atoms with van der Waals surface area (Å²) in [4.78, 5) is 17.0. The summed E-state index contributed by atoms with van der Waals surface area (Å²) in [5.41, 5.74) is 4.82. The van der Waals surface area contributed by atoms with Crippen molar-refractivity contribution >= 4 is 17.5 Å². The van der Waals surface area contributed by atoms with Gasteiger partial charge in [0, 0.05) is 23.2 Å². The van der Waals surface area contributed by atoms with Crippen LogP contribution in [0.1, 0.15) is 46.1 Å². The number of carbonyl (C=O) groups is 1. The highest BCUT2D eigenvalue weighted by Crippen LogP contribution is 2.36. The molecule has 2 aromatic carbocycles. The van der Waals surface area contributed by atoms with E-state index in [1.165, 1.54) is 4.80 Å². The van der Waals surface area contributed by atoms with E-state index < -0.39 is 0 Å². The average molecular weight is 448 g/mol. The number of amides is 1. The third kappa shape index (κ3) is 3.58. The third-order valence-electron chi connectivity index (χ3n) is 5.93. The van der Waals surface area contributed by atoms with Crippen LogP contribution in [0.2, 0.25) is 5.02 Å². The molecule has 0 N–H and O–H groups in total. The molecule has 0 unspecified atom stereocenters. The third-order valence-corrected chi connectivity index (χ3v) is 6.34. The van der Waals surface area contributed by atoms with Crippen LogP contribution in [-0.4, -0.2) is 37.5 Å². The highest BCUT2D eigenvalue weighted by atomic mass is 35.5. The number of hydrogen-bond acceptors (Lipinski definition) is 5. The van der Waals surface area contributed by atoms with Crippen LogP contribution in [0.3, 0.4) is 0 Å². The molecule has 1 aliphatic rings. The Morgan fingerprint density at radius 1 is 1.12 bits per heavy atom. The first-order valence-electron chi connectivity index (χ1n) is 10.5. The van der Waals surface area contributed by atoms with Gasteiger partial charge < -0.3 is 9.42 Å². The van der Waals surface area contributed by atoms with E-state index in [0.29, 0.717) is 28.6 Å². The summed E-state index contributed by atoms with van der Waals surface area (Å²) < 4.78 is 5.72. The maximum atomic E-state index is 13.7. The van der Waals surface area contributed by atoms with Gasteiger partial charge in [-0.2, -0.15) is 15.0 Å². The van der Waals surface area contributed by atoms with Crippen molar-refractivity contribution in [3.05, 3.63) is 82.3 Å². The SMILES string of the molecule is Cc1ccc(-n2nccn2)c(C(=O)N2CCC[C@H]2c2cc(-c3cccc(Cl)c3C)no2)c1. The first-order valence-corrected chi connectivity index (χ1v) is 10.9. The Labute approximate surface area is 190 Å². The second-order valence-corrected chi connectivity index (χ2v) is 8.43. The highest BCUT2D eigenvalue weighted by Gasteiger charge is 2.34. The molecule has 5 rings (SSSR count). The van der Waals surface area contributed by atoms with Crippen LogP contribution in [0.25, 0.3) is 16.9 Å². The minimum Gasteiger partial charge on any atom is -0.359 e. The second kappa shape index (κ2) is 8.24. The van der Waals surface area contributed by atoms with Crippen molar-refractivity contribution in [1.82, 2.24) is 25.1 Å². The molecule has 1 atom stereocenters. The van der Waals surface area contributed by atoms with E-state index in [0.717, 1.165) is 35.2 Å². The molecule has 1 amide bonds. The zero-order chi connectivity index (χ0) is 22.2. The van der Waals surface area contributed by atoms with Crippen LogP contribution in [0.15, 0.2) is 59.4 Å². The molecule has 7 nitrogen and oxygen atoms in total. The van der Waals surface area contributed by atoms with Gasteiger partial charge in [0.05, 0.1) is 29.7 Å². The van der Waals surface area contributed by atoms with E-state index in [-0.39, 0.29) is 11.9 Å². The molecule has 0 saturated carbocycles. The molecule has 3 heterocycles. The summed E-state index contributed by atoms with van der Waals surface area (Å²) in [7, 11) is 0. The molecule has 4 aromatic rings. The predicted molar refractivity (Wildman–Crippen MR) is 121 cm³/mol. The van der Waals surface area contributed by atoms with Crippen LogP contribution in [-0.2, 0) is 0 Å². The van der Waals surface area contributed by atoms with Crippen LogP contribution >= 0.6 is 11.6 Å². The molecule has 2 aromatic heterocycles. The Kier molecular flexibility index (Phi) is 5.27. The van der Waals surface area contributed by atoms with Crippen molar-refractivity contribution in [2.24, 2.45) is 0 Å². The molecule has 0 aliphatic carbocycles. The smallest absolute Gasteiger partial charge is 0.256 e. The molecule has 1 fully saturated rings. The Bertz CT molecular complexity index is 1280. The predicted octanol–water partition coefficient (Wildman–Crippen LogP) is 5.17. The lowest BCUT2D eigenvalue weighted by atomic mass is 10.0. The maximum absolute atomic E-state index is 13.7. The highest BCUT2D eigenvalue weighted by molar-refractivity contribution is 6.31. The Morgan fingerprint density at radius 3 is 2.75 bits per heavy atom. The number of aromatic nitrogens is 4.